The molecule has 1 aliphatic rings. The number of fused-ring (bicyclic) bond motifs is 1. The van der Waals surface area contributed by atoms with E-state index >= 15 is 0 Å². The summed E-state index contributed by atoms with van der Waals surface area (Å²) >= 11 is 1.01. The van der Waals surface area contributed by atoms with Crippen molar-refractivity contribution in [3.8, 4) is 0 Å². The molecule has 2 aromatic carbocycles. The minimum atomic E-state index is -3.81. The van der Waals surface area contributed by atoms with Crippen LogP contribution in [0.5, 0.6) is 0 Å². The average Bonchev–Trinajstić information content (AvgIpc) is 3.01. The van der Waals surface area contributed by atoms with Crippen LogP contribution < -0.4 is 9.60 Å². The number of aryl methyl sites for hydroxylation is 1. The molecule has 0 atom stereocenters. The second kappa shape index (κ2) is 7.64. The van der Waals surface area contributed by atoms with E-state index in [0.29, 0.717) is 21.5 Å². The lowest BCUT2D eigenvalue weighted by atomic mass is 10.1. The van der Waals surface area contributed by atoms with E-state index in [0.717, 1.165) is 43.7 Å². The van der Waals surface area contributed by atoms with Gasteiger partial charge >= 0.3 is 4.87 Å². The number of nitrogens with zero attached hydrogens (tertiary/aromatic N) is 2. The van der Waals surface area contributed by atoms with E-state index in [9.17, 15) is 18.0 Å². The van der Waals surface area contributed by atoms with Crippen molar-refractivity contribution in [3.05, 3.63) is 57.7 Å². The number of rotatable bonds is 4. The standard InChI is InChI=1S/C20H21N3O4S2/c1-22-17-10-9-16(13-18(17)28-20(22)25)29(26,27)21-15-7-5-14(6-8-15)19(24)23-11-3-2-4-12-23/h5-10,13,21H,2-4,11-12H2,1H3. The third-order valence-electron chi connectivity index (χ3n) is 5.10. The molecule has 1 amide bonds. The summed E-state index contributed by atoms with van der Waals surface area (Å²) in [5.74, 6) is -0.0245. The Morgan fingerprint density at radius 2 is 1.72 bits per heavy atom. The van der Waals surface area contributed by atoms with Gasteiger partial charge in [0.2, 0.25) is 0 Å². The van der Waals surface area contributed by atoms with Crippen LogP contribution in [-0.2, 0) is 17.1 Å². The van der Waals surface area contributed by atoms with Gasteiger partial charge in [-0.15, -0.1) is 0 Å². The van der Waals surface area contributed by atoms with Crippen LogP contribution >= 0.6 is 11.3 Å². The first-order valence-electron chi connectivity index (χ1n) is 9.37. The van der Waals surface area contributed by atoms with Gasteiger partial charge in [-0.1, -0.05) is 11.3 Å². The van der Waals surface area contributed by atoms with Gasteiger partial charge in [-0.25, -0.2) is 8.42 Å². The third-order valence-corrected chi connectivity index (χ3v) is 7.48. The van der Waals surface area contributed by atoms with E-state index in [1.807, 2.05) is 4.90 Å². The summed E-state index contributed by atoms with van der Waals surface area (Å²) in [6.45, 7) is 1.53. The molecule has 0 bridgehead atoms. The number of carbonyl (C=O) groups excluding carboxylic acids is 1. The maximum atomic E-state index is 12.7. The lowest BCUT2D eigenvalue weighted by Crippen LogP contribution is -2.35. The van der Waals surface area contributed by atoms with E-state index in [2.05, 4.69) is 4.72 Å². The third kappa shape index (κ3) is 3.92. The average molecular weight is 432 g/mol. The van der Waals surface area contributed by atoms with Crippen molar-refractivity contribution >= 4 is 43.2 Å². The highest BCUT2D eigenvalue weighted by Gasteiger charge is 2.19. The molecule has 2 heterocycles. The van der Waals surface area contributed by atoms with Gasteiger partial charge in [-0.2, -0.15) is 0 Å². The molecule has 1 fully saturated rings. The fourth-order valence-electron chi connectivity index (χ4n) is 3.46. The molecular formula is C20H21N3O4S2. The smallest absolute Gasteiger partial charge is 0.307 e. The molecule has 9 heteroatoms. The Balaban J connectivity index is 1.53. The van der Waals surface area contributed by atoms with Crippen molar-refractivity contribution in [1.82, 2.24) is 9.47 Å². The predicted octanol–water partition coefficient (Wildman–Crippen LogP) is 3.03. The Labute approximate surface area is 172 Å². The molecule has 29 heavy (non-hydrogen) atoms. The number of anilines is 1. The molecular weight excluding hydrogens is 410 g/mol. The highest BCUT2D eigenvalue weighted by atomic mass is 32.2. The summed E-state index contributed by atoms with van der Waals surface area (Å²) < 4.78 is 30.1. The first-order chi connectivity index (χ1) is 13.8. The molecule has 0 radical (unpaired) electrons. The van der Waals surface area contributed by atoms with Crippen LogP contribution in [0, 0.1) is 0 Å². The number of nitrogens with one attached hydrogen (secondary N) is 1. The molecule has 1 aliphatic heterocycles. The van der Waals surface area contributed by atoms with Crippen molar-refractivity contribution < 1.29 is 13.2 Å². The number of carbonyl (C=O) groups is 1. The molecule has 0 saturated carbocycles. The maximum Gasteiger partial charge on any atom is 0.307 e. The predicted molar refractivity (Wildman–Crippen MR) is 114 cm³/mol. The van der Waals surface area contributed by atoms with Crippen LogP contribution in [0.2, 0.25) is 0 Å². The van der Waals surface area contributed by atoms with E-state index in [-0.39, 0.29) is 15.7 Å². The summed E-state index contributed by atoms with van der Waals surface area (Å²) in [7, 11) is -2.16. The van der Waals surface area contributed by atoms with Gasteiger partial charge in [0.1, 0.15) is 0 Å². The summed E-state index contributed by atoms with van der Waals surface area (Å²) in [5, 5.41) is 0. The first kappa shape index (κ1) is 19.7. The van der Waals surface area contributed by atoms with Crippen LogP contribution in [0.4, 0.5) is 5.69 Å². The number of thiazole rings is 1. The minimum absolute atomic E-state index is 0.0245. The molecule has 1 N–H and O–H groups in total. The van der Waals surface area contributed by atoms with Crippen molar-refractivity contribution in [3.63, 3.8) is 0 Å². The van der Waals surface area contributed by atoms with E-state index < -0.39 is 10.0 Å². The van der Waals surface area contributed by atoms with Crippen molar-refractivity contribution in [2.45, 2.75) is 24.2 Å². The molecule has 4 rings (SSSR count). The van der Waals surface area contributed by atoms with Gasteiger partial charge < -0.3 is 9.47 Å². The first-order valence-corrected chi connectivity index (χ1v) is 11.7. The van der Waals surface area contributed by atoms with Crippen LogP contribution in [-0.4, -0.2) is 36.9 Å². The number of benzene rings is 2. The minimum Gasteiger partial charge on any atom is -0.339 e. The van der Waals surface area contributed by atoms with Crippen LogP contribution in [0.25, 0.3) is 10.2 Å². The molecule has 0 spiro atoms. The largest absolute Gasteiger partial charge is 0.339 e. The van der Waals surface area contributed by atoms with Gasteiger partial charge in [0.15, 0.2) is 0 Å². The fourth-order valence-corrected chi connectivity index (χ4v) is 5.53. The molecule has 7 nitrogen and oxygen atoms in total. The van der Waals surface area contributed by atoms with Crippen LogP contribution in [0.1, 0.15) is 29.6 Å². The van der Waals surface area contributed by atoms with Crippen LogP contribution in [0.3, 0.4) is 0 Å². The number of aromatic nitrogens is 1. The Hall–Kier alpha value is -2.65. The lowest BCUT2D eigenvalue weighted by molar-refractivity contribution is 0.0724. The lowest BCUT2D eigenvalue weighted by Gasteiger charge is -2.26. The highest BCUT2D eigenvalue weighted by molar-refractivity contribution is 7.92. The Kier molecular flexibility index (Phi) is 5.18. The van der Waals surface area contributed by atoms with Gasteiger partial charge in [-0.05, 0) is 61.7 Å². The number of hydrogen-bond donors (Lipinski definition) is 1. The number of amides is 1. The number of hydrogen-bond acceptors (Lipinski definition) is 5. The number of sulfonamides is 1. The zero-order valence-electron chi connectivity index (χ0n) is 15.9. The van der Waals surface area contributed by atoms with E-state index in [4.69, 9.17) is 0 Å². The summed E-state index contributed by atoms with van der Waals surface area (Å²) in [6.07, 6.45) is 3.18. The van der Waals surface area contributed by atoms with Crippen molar-refractivity contribution in [2.75, 3.05) is 17.8 Å². The van der Waals surface area contributed by atoms with Gasteiger partial charge in [0.05, 0.1) is 15.1 Å². The summed E-state index contributed by atoms with van der Waals surface area (Å²) in [6, 6.07) is 11.1. The Bertz CT molecular complexity index is 1220. The maximum absolute atomic E-state index is 12.7. The Morgan fingerprint density at radius 3 is 2.41 bits per heavy atom. The molecule has 0 aliphatic carbocycles. The van der Waals surface area contributed by atoms with Gasteiger partial charge in [0, 0.05) is 31.4 Å². The van der Waals surface area contributed by atoms with E-state index in [1.54, 1.807) is 37.4 Å². The van der Waals surface area contributed by atoms with Crippen LogP contribution in [0.15, 0.2) is 52.2 Å². The normalized spacial score (nSPS) is 14.9. The molecule has 1 aromatic heterocycles. The van der Waals surface area contributed by atoms with E-state index in [1.165, 1.54) is 16.7 Å². The Morgan fingerprint density at radius 1 is 1.03 bits per heavy atom. The van der Waals surface area contributed by atoms with Gasteiger partial charge in [0.25, 0.3) is 15.9 Å². The molecule has 152 valence electrons. The molecule has 3 aromatic rings. The second-order valence-corrected chi connectivity index (χ2v) is 9.77. The summed E-state index contributed by atoms with van der Waals surface area (Å²) in [4.78, 5) is 26.1. The zero-order chi connectivity index (χ0) is 20.6. The van der Waals surface area contributed by atoms with Crippen molar-refractivity contribution in [2.24, 2.45) is 7.05 Å². The monoisotopic (exact) mass is 431 g/mol. The fraction of sp³-hybridized carbons (Fsp3) is 0.300. The quantitative estimate of drug-likeness (QED) is 0.688. The number of likely N-dealkylation sites (tertiary alicyclic amines) is 1. The highest BCUT2D eigenvalue weighted by Crippen LogP contribution is 2.23. The van der Waals surface area contributed by atoms with Gasteiger partial charge in [-0.3, -0.25) is 14.3 Å². The number of piperidine rings is 1. The zero-order valence-corrected chi connectivity index (χ0v) is 17.6. The SMILES string of the molecule is Cn1c(=O)sc2cc(S(=O)(=O)Nc3ccc(C(=O)N4CCCCC4)cc3)ccc21. The molecule has 1 saturated heterocycles. The second-order valence-electron chi connectivity index (χ2n) is 7.09. The molecule has 0 unspecified atom stereocenters. The topological polar surface area (TPSA) is 88.5 Å². The van der Waals surface area contributed by atoms with Crippen molar-refractivity contribution in [1.29, 1.82) is 0 Å². The summed E-state index contributed by atoms with van der Waals surface area (Å²) in [5.41, 5.74) is 1.62.